The predicted octanol–water partition coefficient (Wildman–Crippen LogP) is 2.82. The summed E-state index contributed by atoms with van der Waals surface area (Å²) in [6.45, 7) is 1.89. The zero-order chi connectivity index (χ0) is 15.1. The van der Waals surface area contributed by atoms with Gasteiger partial charge in [-0.1, -0.05) is 17.3 Å². The van der Waals surface area contributed by atoms with Crippen LogP contribution < -0.4 is 10.1 Å². The number of hydrogen-bond acceptors (Lipinski definition) is 4. The number of nitrogens with zero attached hydrogens (tertiary/aromatic N) is 1. The lowest BCUT2D eigenvalue weighted by Gasteiger charge is -2.08. The van der Waals surface area contributed by atoms with Gasteiger partial charge in [-0.3, -0.25) is 4.79 Å². The third kappa shape index (κ3) is 4.65. The summed E-state index contributed by atoms with van der Waals surface area (Å²) in [7, 11) is 0. The molecule has 0 heterocycles. The molecule has 5 nitrogen and oxygen atoms in total. The van der Waals surface area contributed by atoms with Gasteiger partial charge in [0.2, 0.25) is 0 Å². The van der Waals surface area contributed by atoms with Gasteiger partial charge in [0.1, 0.15) is 5.75 Å². The minimum atomic E-state index is -0.221. The van der Waals surface area contributed by atoms with E-state index >= 15 is 0 Å². The van der Waals surface area contributed by atoms with Crippen molar-refractivity contribution in [2.75, 3.05) is 11.9 Å². The van der Waals surface area contributed by atoms with Crippen LogP contribution in [0.15, 0.2) is 53.7 Å². The molecule has 0 aliphatic heterocycles. The van der Waals surface area contributed by atoms with Crippen LogP contribution in [0.3, 0.4) is 0 Å². The molecule has 1 amide bonds. The smallest absolute Gasteiger partial charge is 0.262 e. The summed E-state index contributed by atoms with van der Waals surface area (Å²) in [5, 5.41) is 14.1. The maximum Gasteiger partial charge on any atom is 0.262 e. The third-order valence-corrected chi connectivity index (χ3v) is 2.76. The van der Waals surface area contributed by atoms with E-state index in [4.69, 9.17) is 9.94 Å². The maximum atomic E-state index is 11.8. The maximum absolute atomic E-state index is 11.8. The Morgan fingerprint density at radius 3 is 2.71 bits per heavy atom. The van der Waals surface area contributed by atoms with Crippen LogP contribution in [0.25, 0.3) is 0 Å². The molecule has 0 bridgehead atoms. The lowest BCUT2D eigenvalue weighted by molar-refractivity contribution is -0.118. The molecule has 21 heavy (non-hydrogen) atoms. The second-order valence-electron chi connectivity index (χ2n) is 4.52. The molecular weight excluding hydrogens is 268 g/mol. The van der Waals surface area contributed by atoms with E-state index < -0.39 is 0 Å². The number of aryl methyl sites for hydroxylation is 1. The van der Waals surface area contributed by atoms with E-state index in [1.54, 1.807) is 24.3 Å². The number of anilines is 1. The summed E-state index contributed by atoms with van der Waals surface area (Å²) in [6, 6.07) is 14.4. The van der Waals surface area contributed by atoms with Gasteiger partial charge in [-0.25, -0.2) is 0 Å². The van der Waals surface area contributed by atoms with Gasteiger partial charge >= 0.3 is 0 Å². The van der Waals surface area contributed by atoms with E-state index in [1.165, 1.54) is 6.21 Å². The van der Waals surface area contributed by atoms with Crippen molar-refractivity contribution in [3.8, 4) is 5.75 Å². The van der Waals surface area contributed by atoms with Gasteiger partial charge in [0.15, 0.2) is 6.61 Å². The second kappa shape index (κ2) is 7.09. The van der Waals surface area contributed by atoms with Crippen molar-refractivity contribution in [2.24, 2.45) is 5.16 Å². The van der Waals surface area contributed by atoms with Gasteiger partial charge in [-0.2, -0.15) is 0 Å². The fourth-order valence-corrected chi connectivity index (χ4v) is 1.79. The van der Waals surface area contributed by atoms with Crippen LogP contribution in [0.4, 0.5) is 5.69 Å². The van der Waals surface area contributed by atoms with Crippen LogP contribution in [0, 0.1) is 6.92 Å². The number of hydrogen-bond donors (Lipinski definition) is 2. The monoisotopic (exact) mass is 284 g/mol. The van der Waals surface area contributed by atoms with Gasteiger partial charge in [0.25, 0.3) is 5.91 Å². The molecule has 0 saturated heterocycles. The number of rotatable bonds is 5. The minimum Gasteiger partial charge on any atom is -0.484 e. The number of ether oxygens (including phenoxy) is 1. The molecule has 0 unspecified atom stereocenters. The van der Waals surface area contributed by atoms with Crippen molar-refractivity contribution < 1.29 is 14.7 Å². The normalized spacial score (nSPS) is 10.5. The molecule has 0 atom stereocenters. The van der Waals surface area contributed by atoms with Crippen LogP contribution in [0.2, 0.25) is 0 Å². The fraction of sp³-hybridized carbons (Fsp3) is 0.125. The molecule has 0 aromatic heterocycles. The molecule has 0 saturated carbocycles. The number of carbonyl (C=O) groups is 1. The number of oxime groups is 1. The van der Waals surface area contributed by atoms with Crippen molar-refractivity contribution >= 4 is 17.8 Å². The molecule has 5 heteroatoms. The van der Waals surface area contributed by atoms with Crippen LogP contribution in [-0.4, -0.2) is 23.9 Å². The second-order valence-corrected chi connectivity index (χ2v) is 4.52. The van der Waals surface area contributed by atoms with Crippen LogP contribution in [0.5, 0.6) is 5.75 Å². The first-order chi connectivity index (χ1) is 10.2. The van der Waals surface area contributed by atoms with E-state index in [1.807, 2.05) is 31.2 Å². The lowest BCUT2D eigenvalue weighted by Crippen LogP contribution is -2.20. The Hall–Kier alpha value is -2.82. The predicted molar refractivity (Wildman–Crippen MR) is 81.1 cm³/mol. The summed E-state index contributed by atoms with van der Waals surface area (Å²) in [6.07, 6.45) is 1.31. The highest BCUT2D eigenvalue weighted by atomic mass is 16.5. The molecule has 0 spiro atoms. The highest BCUT2D eigenvalue weighted by Gasteiger charge is 2.04. The Morgan fingerprint density at radius 1 is 1.29 bits per heavy atom. The van der Waals surface area contributed by atoms with Crippen LogP contribution >= 0.6 is 0 Å². The highest BCUT2D eigenvalue weighted by Crippen LogP contribution is 2.12. The summed E-state index contributed by atoms with van der Waals surface area (Å²) in [5.74, 6) is 0.353. The zero-order valence-electron chi connectivity index (χ0n) is 11.6. The van der Waals surface area contributed by atoms with Crippen molar-refractivity contribution in [2.45, 2.75) is 6.92 Å². The molecule has 2 aromatic carbocycles. The number of benzene rings is 2. The quantitative estimate of drug-likeness (QED) is 0.504. The molecule has 2 aromatic rings. The zero-order valence-corrected chi connectivity index (χ0v) is 11.6. The van der Waals surface area contributed by atoms with Crippen LogP contribution in [-0.2, 0) is 4.79 Å². The summed E-state index contributed by atoms with van der Waals surface area (Å²) < 4.78 is 5.38. The lowest BCUT2D eigenvalue weighted by atomic mass is 10.2. The standard InChI is InChI=1S/C16H16N2O3/c1-12-3-2-4-14(9-12)18-16(19)11-21-15-7-5-13(6-8-15)10-17-20/h2-10,20H,11H2,1H3,(H,18,19)/b17-10+. The number of amides is 1. The topological polar surface area (TPSA) is 70.9 Å². The van der Waals surface area contributed by atoms with E-state index in [9.17, 15) is 4.79 Å². The van der Waals surface area contributed by atoms with Crippen molar-refractivity contribution in [1.82, 2.24) is 0 Å². The first kappa shape index (κ1) is 14.6. The van der Waals surface area contributed by atoms with Crippen molar-refractivity contribution in [3.05, 3.63) is 59.7 Å². The largest absolute Gasteiger partial charge is 0.484 e. The third-order valence-electron chi connectivity index (χ3n) is 2.76. The van der Waals surface area contributed by atoms with Crippen molar-refractivity contribution in [3.63, 3.8) is 0 Å². The molecule has 0 fully saturated rings. The SMILES string of the molecule is Cc1cccc(NC(=O)COc2ccc(/C=N/O)cc2)c1. The fourth-order valence-electron chi connectivity index (χ4n) is 1.79. The summed E-state index contributed by atoms with van der Waals surface area (Å²) in [4.78, 5) is 11.8. The Bertz CT molecular complexity index is 636. The van der Waals surface area contributed by atoms with E-state index in [2.05, 4.69) is 10.5 Å². The summed E-state index contributed by atoms with van der Waals surface area (Å²) >= 11 is 0. The molecule has 0 aliphatic rings. The molecule has 0 radical (unpaired) electrons. The Morgan fingerprint density at radius 2 is 2.05 bits per heavy atom. The van der Waals surface area contributed by atoms with Gasteiger partial charge in [-0.15, -0.1) is 0 Å². The average Bonchev–Trinajstić information content (AvgIpc) is 2.47. The number of nitrogens with one attached hydrogen (secondary N) is 1. The minimum absolute atomic E-state index is 0.0681. The number of carbonyl (C=O) groups excluding carboxylic acids is 1. The van der Waals surface area contributed by atoms with E-state index in [0.29, 0.717) is 5.75 Å². The first-order valence-corrected chi connectivity index (χ1v) is 6.44. The average molecular weight is 284 g/mol. The van der Waals surface area contributed by atoms with E-state index in [0.717, 1.165) is 16.8 Å². The van der Waals surface area contributed by atoms with Crippen molar-refractivity contribution in [1.29, 1.82) is 0 Å². The Balaban J connectivity index is 1.86. The van der Waals surface area contributed by atoms with Crippen LogP contribution in [0.1, 0.15) is 11.1 Å². The Labute approximate surface area is 122 Å². The van der Waals surface area contributed by atoms with Gasteiger partial charge in [-0.05, 0) is 54.4 Å². The molecule has 0 aliphatic carbocycles. The molecular formula is C16H16N2O3. The van der Waals surface area contributed by atoms with Gasteiger partial charge in [0, 0.05) is 5.69 Å². The summed E-state index contributed by atoms with van der Waals surface area (Å²) in [5.41, 5.74) is 2.57. The molecule has 2 N–H and O–H groups in total. The van der Waals surface area contributed by atoms with E-state index in [-0.39, 0.29) is 12.5 Å². The Kier molecular flexibility index (Phi) is 4.93. The van der Waals surface area contributed by atoms with Gasteiger partial charge < -0.3 is 15.3 Å². The molecule has 2 rings (SSSR count). The molecule has 108 valence electrons. The first-order valence-electron chi connectivity index (χ1n) is 6.44. The highest BCUT2D eigenvalue weighted by molar-refractivity contribution is 5.91. The van der Waals surface area contributed by atoms with Gasteiger partial charge in [0.05, 0.1) is 6.21 Å².